The first-order valence-electron chi connectivity index (χ1n) is 5.98. The summed E-state index contributed by atoms with van der Waals surface area (Å²) in [5.74, 6) is -0.101. The largest absolute Gasteiger partial charge is 0.345 e. The summed E-state index contributed by atoms with van der Waals surface area (Å²) in [4.78, 5) is 17.1. The van der Waals surface area contributed by atoms with Gasteiger partial charge in [-0.1, -0.05) is 29.8 Å². The molecule has 2 rings (SSSR count). The molecule has 1 aromatic heterocycles. The van der Waals surface area contributed by atoms with Gasteiger partial charge in [0.05, 0.1) is 16.7 Å². The lowest BCUT2D eigenvalue weighted by molar-refractivity contribution is 0.0943. The summed E-state index contributed by atoms with van der Waals surface area (Å²) in [5.41, 5.74) is 1.68. The molecular weight excluding hydrogens is 280 g/mol. The van der Waals surface area contributed by atoms with Gasteiger partial charge >= 0.3 is 0 Å². The van der Waals surface area contributed by atoms with Crippen molar-refractivity contribution in [3.63, 3.8) is 0 Å². The summed E-state index contributed by atoms with van der Waals surface area (Å²) in [5, 5.41) is 4.51. The summed E-state index contributed by atoms with van der Waals surface area (Å²) in [7, 11) is 0. The number of halogens is 1. The summed E-state index contributed by atoms with van der Waals surface area (Å²) in [6.45, 7) is 5.66. The first-order valence-corrected chi connectivity index (χ1v) is 7.18. The Morgan fingerprint density at radius 2 is 2.05 bits per heavy atom. The van der Waals surface area contributed by atoms with Crippen LogP contribution in [0.1, 0.15) is 38.9 Å². The van der Waals surface area contributed by atoms with E-state index >= 15 is 0 Å². The molecule has 0 fully saturated rings. The van der Waals surface area contributed by atoms with Gasteiger partial charge in [-0.2, -0.15) is 0 Å². The third kappa shape index (κ3) is 3.14. The predicted octanol–water partition coefficient (Wildman–Crippen LogP) is 3.90. The Morgan fingerprint density at radius 3 is 2.63 bits per heavy atom. The Balaban J connectivity index is 2.15. The molecule has 0 aliphatic heterocycles. The quantitative estimate of drug-likeness (QED) is 0.933. The molecule has 19 heavy (non-hydrogen) atoms. The van der Waals surface area contributed by atoms with Crippen molar-refractivity contribution in [2.24, 2.45) is 0 Å². The monoisotopic (exact) mass is 294 g/mol. The van der Waals surface area contributed by atoms with Gasteiger partial charge < -0.3 is 5.32 Å². The maximum atomic E-state index is 12.2. The standard InChI is InChI=1S/C14H15ClN2OS/c1-8(11-6-4-5-7-12(11)15)17-14(18)13-9(2)16-10(3)19-13/h4-8H,1-3H3,(H,17,18). The summed E-state index contributed by atoms with van der Waals surface area (Å²) in [6, 6.07) is 7.38. The third-order valence-corrected chi connectivity index (χ3v) is 4.24. The van der Waals surface area contributed by atoms with E-state index in [4.69, 9.17) is 11.6 Å². The normalized spacial score (nSPS) is 12.2. The number of aromatic nitrogens is 1. The molecule has 1 heterocycles. The van der Waals surface area contributed by atoms with Crippen LogP contribution in [0.15, 0.2) is 24.3 Å². The number of nitrogens with zero attached hydrogens (tertiary/aromatic N) is 1. The average molecular weight is 295 g/mol. The van der Waals surface area contributed by atoms with Gasteiger partial charge in [-0.15, -0.1) is 11.3 Å². The van der Waals surface area contributed by atoms with Crippen LogP contribution < -0.4 is 5.32 Å². The molecule has 3 nitrogen and oxygen atoms in total. The van der Waals surface area contributed by atoms with E-state index < -0.39 is 0 Å². The zero-order valence-electron chi connectivity index (χ0n) is 11.0. The molecule has 0 spiro atoms. The van der Waals surface area contributed by atoms with Crippen molar-refractivity contribution in [1.29, 1.82) is 0 Å². The number of hydrogen-bond donors (Lipinski definition) is 1. The second-order valence-corrected chi connectivity index (χ2v) is 5.97. The van der Waals surface area contributed by atoms with E-state index in [0.717, 1.165) is 16.3 Å². The molecule has 1 N–H and O–H groups in total. The van der Waals surface area contributed by atoms with Crippen LogP contribution in [0.3, 0.4) is 0 Å². The second kappa shape index (κ2) is 5.72. The minimum absolute atomic E-state index is 0.101. The van der Waals surface area contributed by atoms with Gasteiger partial charge in [0.15, 0.2) is 0 Å². The van der Waals surface area contributed by atoms with E-state index in [1.54, 1.807) is 0 Å². The molecule has 100 valence electrons. The van der Waals surface area contributed by atoms with E-state index in [2.05, 4.69) is 10.3 Å². The highest BCUT2D eigenvalue weighted by Gasteiger charge is 2.17. The molecule has 0 saturated carbocycles. The van der Waals surface area contributed by atoms with Crippen LogP contribution in [0.25, 0.3) is 0 Å². The van der Waals surface area contributed by atoms with Crippen molar-refractivity contribution >= 4 is 28.8 Å². The Hall–Kier alpha value is -1.39. The van der Waals surface area contributed by atoms with Crippen molar-refractivity contribution in [1.82, 2.24) is 10.3 Å². The number of rotatable bonds is 3. The van der Waals surface area contributed by atoms with Crippen molar-refractivity contribution in [2.75, 3.05) is 0 Å². The van der Waals surface area contributed by atoms with Crippen LogP contribution in [-0.4, -0.2) is 10.9 Å². The first kappa shape index (κ1) is 14.0. The summed E-state index contributed by atoms with van der Waals surface area (Å²) in [6.07, 6.45) is 0. The fraction of sp³-hybridized carbons (Fsp3) is 0.286. The number of nitrogens with one attached hydrogen (secondary N) is 1. The van der Waals surface area contributed by atoms with Crippen LogP contribution >= 0.6 is 22.9 Å². The fourth-order valence-electron chi connectivity index (χ4n) is 1.91. The molecule has 1 atom stereocenters. The van der Waals surface area contributed by atoms with Crippen molar-refractivity contribution < 1.29 is 4.79 Å². The predicted molar refractivity (Wildman–Crippen MR) is 78.9 cm³/mol. The maximum Gasteiger partial charge on any atom is 0.263 e. The molecule has 0 aliphatic rings. The maximum absolute atomic E-state index is 12.2. The lowest BCUT2D eigenvalue weighted by atomic mass is 10.1. The van der Waals surface area contributed by atoms with Crippen LogP contribution in [0.4, 0.5) is 0 Å². The summed E-state index contributed by atoms with van der Waals surface area (Å²) >= 11 is 7.53. The zero-order valence-corrected chi connectivity index (χ0v) is 12.6. The SMILES string of the molecule is Cc1nc(C)c(C(=O)NC(C)c2ccccc2Cl)s1. The van der Waals surface area contributed by atoms with Gasteiger partial charge in [0.1, 0.15) is 4.88 Å². The molecule has 1 unspecified atom stereocenters. The van der Waals surface area contributed by atoms with E-state index in [1.807, 2.05) is 45.0 Å². The van der Waals surface area contributed by atoms with Crippen LogP contribution in [0.2, 0.25) is 5.02 Å². The van der Waals surface area contributed by atoms with E-state index in [9.17, 15) is 4.79 Å². The number of thiazole rings is 1. The molecule has 2 aromatic rings. The molecular formula is C14H15ClN2OS. The van der Waals surface area contributed by atoms with Gasteiger partial charge in [-0.3, -0.25) is 4.79 Å². The summed E-state index contributed by atoms with van der Waals surface area (Å²) < 4.78 is 0. The van der Waals surface area contributed by atoms with Crippen LogP contribution in [0.5, 0.6) is 0 Å². The molecule has 0 aliphatic carbocycles. The fourth-order valence-corrected chi connectivity index (χ4v) is 3.03. The Labute approximate surface area is 121 Å². The highest BCUT2D eigenvalue weighted by molar-refractivity contribution is 7.13. The number of aryl methyl sites for hydroxylation is 2. The Kier molecular flexibility index (Phi) is 4.22. The molecule has 0 saturated heterocycles. The molecule has 0 radical (unpaired) electrons. The van der Waals surface area contributed by atoms with Crippen molar-refractivity contribution in [2.45, 2.75) is 26.8 Å². The van der Waals surface area contributed by atoms with Crippen LogP contribution in [0, 0.1) is 13.8 Å². The van der Waals surface area contributed by atoms with E-state index in [0.29, 0.717) is 9.90 Å². The second-order valence-electron chi connectivity index (χ2n) is 4.36. The topological polar surface area (TPSA) is 42.0 Å². The van der Waals surface area contributed by atoms with E-state index in [1.165, 1.54) is 11.3 Å². The van der Waals surface area contributed by atoms with Gasteiger partial charge in [0, 0.05) is 5.02 Å². The van der Waals surface area contributed by atoms with Crippen molar-refractivity contribution in [3.8, 4) is 0 Å². The van der Waals surface area contributed by atoms with Gasteiger partial charge in [-0.05, 0) is 32.4 Å². The third-order valence-electron chi connectivity index (χ3n) is 2.83. The number of amides is 1. The lowest BCUT2D eigenvalue weighted by Crippen LogP contribution is -2.26. The first-order chi connectivity index (χ1) is 8.99. The minimum atomic E-state index is -0.136. The lowest BCUT2D eigenvalue weighted by Gasteiger charge is -2.15. The Morgan fingerprint density at radius 1 is 1.37 bits per heavy atom. The molecule has 1 amide bonds. The minimum Gasteiger partial charge on any atom is -0.345 e. The average Bonchev–Trinajstić information content (AvgIpc) is 2.69. The highest BCUT2D eigenvalue weighted by atomic mass is 35.5. The Bertz CT molecular complexity index is 609. The zero-order chi connectivity index (χ0) is 14.0. The number of carbonyl (C=O) groups is 1. The molecule has 1 aromatic carbocycles. The number of hydrogen-bond acceptors (Lipinski definition) is 3. The smallest absolute Gasteiger partial charge is 0.263 e. The molecule has 0 bridgehead atoms. The van der Waals surface area contributed by atoms with E-state index in [-0.39, 0.29) is 11.9 Å². The van der Waals surface area contributed by atoms with Gasteiger partial charge in [-0.25, -0.2) is 4.98 Å². The highest BCUT2D eigenvalue weighted by Crippen LogP contribution is 2.23. The van der Waals surface area contributed by atoms with Gasteiger partial charge in [0.25, 0.3) is 5.91 Å². The number of benzene rings is 1. The molecule has 5 heteroatoms. The van der Waals surface area contributed by atoms with Crippen molar-refractivity contribution in [3.05, 3.63) is 50.4 Å². The number of carbonyl (C=O) groups excluding carboxylic acids is 1. The van der Waals surface area contributed by atoms with Crippen LogP contribution in [-0.2, 0) is 0 Å². The van der Waals surface area contributed by atoms with Gasteiger partial charge in [0.2, 0.25) is 0 Å².